The zero-order valence-corrected chi connectivity index (χ0v) is 14.2. The van der Waals surface area contributed by atoms with Crippen molar-refractivity contribution in [3.8, 4) is 0 Å². The van der Waals surface area contributed by atoms with E-state index < -0.39 is 0 Å². The molecule has 0 aliphatic heterocycles. The SMILES string of the molecule is Cc1ncn(Cc2ccc(C(=O)NN)cc2Br)c(=O)c1Br. The molecule has 110 valence electrons. The standard InChI is InChI=1S/C13H12Br2N4O2/c1-7-11(15)13(21)19(6-17-7)5-9-3-2-8(4-10(9)14)12(20)18-16/h2-4,6H,5,16H2,1H3,(H,18,20). The van der Waals surface area contributed by atoms with Crippen molar-refractivity contribution in [3.05, 3.63) is 60.6 Å². The predicted molar refractivity (Wildman–Crippen MR) is 85.8 cm³/mol. The first-order valence-electron chi connectivity index (χ1n) is 5.95. The number of hydrogen-bond acceptors (Lipinski definition) is 4. The van der Waals surface area contributed by atoms with Crippen LogP contribution in [0.3, 0.4) is 0 Å². The van der Waals surface area contributed by atoms with Gasteiger partial charge in [-0.1, -0.05) is 22.0 Å². The third-order valence-electron chi connectivity index (χ3n) is 2.94. The van der Waals surface area contributed by atoms with E-state index in [0.717, 1.165) is 5.56 Å². The van der Waals surface area contributed by atoms with E-state index in [9.17, 15) is 9.59 Å². The molecule has 8 heteroatoms. The van der Waals surface area contributed by atoms with Gasteiger partial charge in [0.05, 0.1) is 18.6 Å². The molecule has 0 spiro atoms. The fourth-order valence-electron chi connectivity index (χ4n) is 1.74. The molecular formula is C13H12Br2N4O2. The Balaban J connectivity index is 2.35. The second-order valence-electron chi connectivity index (χ2n) is 4.36. The van der Waals surface area contributed by atoms with Crippen molar-refractivity contribution in [2.45, 2.75) is 13.5 Å². The molecule has 0 atom stereocenters. The second-order valence-corrected chi connectivity index (χ2v) is 6.00. The van der Waals surface area contributed by atoms with Gasteiger partial charge in [0.2, 0.25) is 0 Å². The van der Waals surface area contributed by atoms with Crippen LogP contribution in [0.4, 0.5) is 0 Å². The zero-order chi connectivity index (χ0) is 15.6. The number of nitrogens with two attached hydrogens (primary N) is 1. The average molecular weight is 416 g/mol. The molecule has 6 nitrogen and oxygen atoms in total. The van der Waals surface area contributed by atoms with Crippen molar-refractivity contribution >= 4 is 37.8 Å². The van der Waals surface area contributed by atoms with E-state index in [4.69, 9.17) is 5.84 Å². The van der Waals surface area contributed by atoms with Gasteiger partial charge in [-0.25, -0.2) is 10.8 Å². The van der Waals surface area contributed by atoms with Crippen molar-refractivity contribution in [3.63, 3.8) is 0 Å². The summed E-state index contributed by atoms with van der Waals surface area (Å²) in [5.41, 5.74) is 3.84. The third kappa shape index (κ3) is 3.39. The Kier molecular flexibility index (Phi) is 4.92. The summed E-state index contributed by atoms with van der Waals surface area (Å²) in [7, 11) is 0. The number of halogens is 2. The largest absolute Gasteiger partial charge is 0.294 e. The first kappa shape index (κ1) is 15.9. The maximum absolute atomic E-state index is 12.1. The van der Waals surface area contributed by atoms with Gasteiger partial charge in [-0.15, -0.1) is 0 Å². The lowest BCUT2D eigenvalue weighted by molar-refractivity contribution is 0.0953. The number of nitrogens with zero attached hydrogens (tertiary/aromatic N) is 2. The number of hydrogen-bond donors (Lipinski definition) is 2. The Labute approximate surface area is 137 Å². The van der Waals surface area contributed by atoms with Crippen molar-refractivity contribution < 1.29 is 4.79 Å². The van der Waals surface area contributed by atoms with Crippen LogP contribution in [0.5, 0.6) is 0 Å². The number of carbonyl (C=O) groups is 1. The first-order chi connectivity index (χ1) is 9.93. The molecule has 1 aromatic carbocycles. The van der Waals surface area contributed by atoms with E-state index in [1.54, 1.807) is 25.1 Å². The summed E-state index contributed by atoms with van der Waals surface area (Å²) in [5, 5.41) is 0. The fourth-order valence-corrected chi connectivity index (χ4v) is 2.58. The summed E-state index contributed by atoms with van der Waals surface area (Å²) in [6, 6.07) is 5.05. The van der Waals surface area contributed by atoms with Crippen LogP contribution in [0.1, 0.15) is 21.6 Å². The van der Waals surface area contributed by atoms with Crippen LogP contribution in [0.25, 0.3) is 0 Å². The van der Waals surface area contributed by atoms with E-state index in [-0.39, 0.29) is 11.5 Å². The van der Waals surface area contributed by atoms with Crippen LogP contribution in [-0.4, -0.2) is 15.5 Å². The van der Waals surface area contributed by atoms with E-state index in [1.807, 2.05) is 0 Å². The lowest BCUT2D eigenvalue weighted by Gasteiger charge is -2.10. The smallest absolute Gasteiger partial charge is 0.268 e. The van der Waals surface area contributed by atoms with Crippen molar-refractivity contribution in [2.75, 3.05) is 0 Å². The lowest BCUT2D eigenvalue weighted by atomic mass is 10.1. The van der Waals surface area contributed by atoms with Gasteiger partial charge >= 0.3 is 0 Å². The van der Waals surface area contributed by atoms with Crippen molar-refractivity contribution in [1.29, 1.82) is 0 Å². The summed E-state index contributed by atoms with van der Waals surface area (Å²) in [4.78, 5) is 27.7. The number of benzene rings is 1. The highest BCUT2D eigenvalue weighted by Gasteiger charge is 2.10. The molecule has 0 saturated heterocycles. The quantitative estimate of drug-likeness (QED) is 0.453. The molecule has 1 aromatic heterocycles. The molecule has 1 amide bonds. The minimum Gasteiger partial charge on any atom is -0.294 e. The number of aryl methyl sites for hydroxylation is 1. The van der Waals surface area contributed by atoms with E-state index in [0.29, 0.717) is 26.7 Å². The summed E-state index contributed by atoms with van der Waals surface area (Å²) in [6.45, 7) is 2.10. The van der Waals surface area contributed by atoms with Crippen LogP contribution in [-0.2, 0) is 6.54 Å². The number of amides is 1. The number of nitrogen functional groups attached to an aromatic ring is 1. The minimum atomic E-state index is -0.376. The van der Waals surface area contributed by atoms with Gasteiger partial charge in [0.1, 0.15) is 4.47 Å². The maximum Gasteiger partial charge on any atom is 0.268 e. The van der Waals surface area contributed by atoms with E-state index >= 15 is 0 Å². The Morgan fingerprint density at radius 2 is 2.14 bits per heavy atom. The highest BCUT2D eigenvalue weighted by molar-refractivity contribution is 9.10. The Bertz CT molecular complexity index is 758. The van der Waals surface area contributed by atoms with Gasteiger partial charge < -0.3 is 0 Å². The van der Waals surface area contributed by atoms with Gasteiger partial charge in [0, 0.05) is 10.0 Å². The minimum absolute atomic E-state index is 0.154. The first-order valence-corrected chi connectivity index (χ1v) is 7.53. The Morgan fingerprint density at radius 3 is 2.76 bits per heavy atom. The van der Waals surface area contributed by atoms with E-state index in [1.165, 1.54) is 10.9 Å². The highest BCUT2D eigenvalue weighted by atomic mass is 79.9. The molecule has 2 aromatic rings. The molecule has 0 saturated carbocycles. The van der Waals surface area contributed by atoms with Gasteiger partial charge in [0.15, 0.2) is 0 Å². The van der Waals surface area contributed by atoms with Crippen LogP contribution in [0.15, 0.2) is 38.3 Å². The molecule has 0 unspecified atom stereocenters. The summed E-state index contributed by atoms with van der Waals surface area (Å²) in [5.74, 6) is 4.72. The predicted octanol–water partition coefficient (Wildman–Crippen LogP) is 1.73. The van der Waals surface area contributed by atoms with Crippen molar-refractivity contribution in [1.82, 2.24) is 15.0 Å². The van der Waals surface area contributed by atoms with Crippen LogP contribution < -0.4 is 16.8 Å². The molecule has 0 aliphatic rings. The fraction of sp³-hybridized carbons (Fsp3) is 0.154. The Hall–Kier alpha value is -1.51. The number of aromatic nitrogens is 2. The van der Waals surface area contributed by atoms with Crippen LogP contribution >= 0.6 is 31.9 Å². The topological polar surface area (TPSA) is 90.0 Å². The zero-order valence-electron chi connectivity index (χ0n) is 11.1. The summed E-state index contributed by atoms with van der Waals surface area (Å²) >= 11 is 6.62. The normalized spacial score (nSPS) is 10.5. The molecule has 0 aliphatic carbocycles. The van der Waals surface area contributed by atoms with Gasteiger partial charge in [-0.05, 0) is 40.5 Å². The molecule has 0 radical (unpaired) electrons. The third-order valence-corrected chi connectivity index (χ3v) is 4.60. The number of nitrogens with one attached hydrogen (secondary N) is 1. The Morgan fingerprint density at radius 1 is 1.43 bits per heavy atom. The molecule has 0 bridgehead atoms. The average Bonchev–Trinajstić information content (AvgIpc) is 2.48. The monoisotopic (exact) mass is 414 g/mol. The summed E-state index contributed by atoms with van der Waals surface area (Å²) < 4.78 is 2.65. The molecule has 2 rings (SSSR count). The van der Waals surface area contributed by atoms with Gasteiger partial charge in [0.25, 0.3) is 11.5 Å². The van der Waals surface area contributed by atoms with Gasteiger partial charge in [-0.3, -0.25) is 19.6 Å². The molecular weight excluding hydrogens is 404 g/mol. The van der Waals surface area contributed by atoms with Gasteiger partial charge in [-0.2, -0.15) is 0 Å². The summed E-state index contributed by atoms with van der Waals surface area (Å²) in [6.07, 6.45) is 1.50. The van der Waals surface area contributed by atoms with E-state index in [2.05, 4.69) is 42.3 Å². The maximum atomic E-state index is 12.1. The van der Waals surface area contributed by atoms with Crippen molar-refractivity contribution in [2.24, 2.45) is 5.84 Å². The number of carbonyl (C=O) groups excluding carboxylic acids is 1. The van der Waals surface area contributed by atoms with Crippen LogP contribution in [0, 0.1) is 6.92 Å². The molecule has 3 N–H and O–H groups in total. The molecule has 1 heterocycles. The molecule has 21 heavy (non-hydrogen) atoms. The van der Waals surface area contributed by atoms with Crippen LogP contribution in [0.2, 0.25) is 0 Å². The molecule has 0 fully saturated rings. The highest BCUT2D eigenvalue weighted by Crippen LogP contribution is 2.19. The number of rotatable bonds is 3. The number of hydrazine groups is 1. The lowest BCUT2D eigenvalue weighted by Crippen LogP contribution is -2.30. The second kappa shape index (κ2) is 6.50.